The van der Waals surface area contributed by atoms with Gasteiger partial charge in [0.2, 0.25) is 0 Å². The van der Waals surface area contributed by atoms with Crippen molar-refractivity contribution in [3.63, 3.8) is 0 Å². The molecule has 5 nitrogen and oxygen atoms in total. The van der Waals surface area contributed by atoms with Gasteiger partial charge in [-0.3, -0.25) is 4.79 Å². The quantitative estimate of drug-likeness (QED) is 0.882. The third kappa shape index (κ3) is 2.52. The van der Waals surface area contributed by atoms with Crippen molar-refractivity contribution in [1.29, 1.82) is 0 Å². The van der Waals surface area contributed by atoms with Crippen LogP contribution in [0.1, 0.15) is 49.1 Å². The molecule has 1 saturated heterocycles. The molecule has 1 unspecified atom stereocenters. The van der Waals surface area contributed by atoms with Gasteiger partial charge >= 0.3 is 0 Å². The van der Waals surface area contributed by atoms with Crippen LogP contribution in [0, 0.1) is 0 Å². The van der Waals surface area contributed by atoms with E-state index in [4.69, 9.17) is 4.74 Å². The van der Waals surface area contributed by atoms with Crippen molar-refractivity contribution in [1.82, 2.24) is 14.9 Å². The molecule has 0 aromatic carbocycles. The van der Waals surface area contributed by atoms with Crippen molar-refractivity contribution in [3.8, 4) is 0 Å². The Hall–Kier alpha value is -1.36. The Bertz CT molecular complexity index is 463. The molecule has 2 fully saturated rings. The number of aromatic nitrogens is 2. The molecule has 0 radical (unpaired) electrons. The van der Waals surface area contributed by atoms with Crippen LogP contribution in [0.3, 0.4) is 0 Å². The summed E-state index contributed by atoms with van der Waals surface area (Å²) in [5, 5.41) is 3.05. The molecular weight excluding hydrogens is 242 g/mol. The maximum absolute atomic E-state index is 12.1. The minimum Gasteiger partial charge on any atom is -0.373 e. The summed E-state index contributed by atoms with van der Waals surface area (Å²) < 4.78 is 7.74. The summed E-state index contributed by atoms with van der Waals surface area (Å²) in [7, 11) is 1.83. The van der Waals surface area contributed by atoms with E-state index in [1.807, 2.05) is 7.05 Å². The second kappa shape index (κ2) is 4.96. The Morgan fingerprint density at radius 1 is 1.47 bits per heavy atom. The maximum atomic E-state index is 12.1. The van der Waals surface area contributed by atoms with E-state index in [9.17, 15) is 4.79 Å². The van der Waals surface area contributed by atoms with Crippen LogP contribution < -0.4 is 5.32 Å². The number of carbonyl (C=O) groups excluding carboxylic acids is 1. The second-order valence-corrected chi connectivity index (χ2v) is 5.79. The number of aryl methyl sites for hydroxylation is 1. The van der Waals surface area contributed by atoms with Gasteiger partial charge in [0.15, 0.2) is 5.82 Å². The van der Waals surface area contributed by atoms with Gasteiger partial charge in [-0.1, -0.05) is 19.3 Å². The fourth-order valence-electron chi connectivity index (χ4n) is 3.32. The monoisotopic (exact) mass is 263 g/mol. The molecule has 104 valence electrons. The van der Waals surface area contributed by atoms with Gasteiger partial charge in [-0.25, -0.2) is 4.98 Å². The number of nitrogens with one attached hydrogen (secondary N) is 1. The third-order valence-corrected chi connectivity index (χ3v) is 4.33. The van der Waals surface area contributed by atoms with Crippen molar-refractivity contribution < 1.29 is 9.53 Å². The largest absolute Gasteiger partial charge is 0.373 e. The molecule has 2 aliphatic rings. The van der Waals surface area contributed by atoms with Crippen LogP contribution in [0.15, 0.2) is 12.4 Å². The molecule has 0 bridgehead atoms. The molecule has 1 aromatic heterocycles. The molecule has 2 heterocycles. The van der Waals surface area contributed by atoms with Crippen molar-refractivity contribution in [2.75, 3.05) is 6.61 Å². The summed E-state index contributed by atoms with van der Waals surface area (Å²) in [6.07, 6.45) is 10.5. The van der Waals surface area contributed by atoms with Gasteiger partial charge in [-0.05, 0) is 19.3 Å². The molecule has 1 aromatic rings. The van der Waals surface area contributed by atoms with Gasteiger partial charge in [-0.15, -0.1) is 0 Å². The zero-order chi connectivity index (χ0) is 13.3. The molecule has 19 heavy (non-hydrogen) atoms. The molecule has 1 atom stereocenters. The van der Waals surface area contributed by atoms with Crippen LogP contribution >= 0.6 is 0 Å². The summed E-state index contributed by atoms with van der Waals surface area (Å²) in [4.78, 5) is 16.2. The average molecular weight is 263 g/mol. The standard InChI is InChI=1S/C14H21N3O2/c1-17-8-7-15-12(17)13(18)16-11-9-14(19-10-11)5-3-2-4-6-14/h7-8,11H,2-6,9-10H2,1H3,(H,16,18). The fourth-order valence-corrected chi connectivity index (χ4v) is 3.32. The summed E-state index contributed by atoms with van der Waals surface area (Å²) >= 11 is 0. The lowest BCUT2D eigenvalue weighted by Gasteiger charge is -2.32. The van der Waals surface area contributed by atoms with Gasteiger partial charge in [0.05, 0.1) is 18.2 Å². The van der Waals surface area contributed by atoms with Gasteiger partial charge in [0, 0.05) is 19.4 Å². The Labute approximate surface area is 113 Å². The zero-order valence-corrected chi connectivity index (χ0v) is 11.4. The number of imidazole rings is 1. The van der Waals surface area contributed by atoms with Crippen molar-refractivity contribution in [3.05, 3.63) is 18.2 Å². The predicted octanol–water partition coefficient (Wildman–Crippen LogP) is 1.64. The Morgan fingerprint density at radius 2 is 2.26 bits per heavy atom. The molecule has 1 N–H and O–H groups in total. The van der Waals surface area contributed by atoms with Crippen LogP contribution in [0.5, 0.6) is 0 Å². The highest BCUT2D eigenvalue weighted by molar-refractivity contribution is 5.90. The number of hydrogen-bond donors (Lipinski definition) is 1. The minimum absolute atomic E-state index is 0.0395. The van der Waals surface area contributed by atoms with Crippen LogP contribution in [0.4, 0.5) is 0 Å². The molecule has 1 saturated carbocycles. The van der Waals surface area contributed by atoms with E-state index in [0.717, 1.165) is 19.3 Å². The van der Waals surface area contributed by atoms with Crippen LogP contribution in [-0.2, 0) is 11.8 Å². The number of carbonyl (C=O) groups is 1. The Balaban J connectivity index is 1.60. The number of hydrogen-bond acceptors (Lipinski definition) is 3. The molecule has 1 amide bonds. The lowest BCUT2D eigenvalue weighted by atomic mass is 9.82. The molecule has 1 aliphatic carbocycles. The van der Waals surface area contributed by atoms with E-state index < -0.39 is 0 Å². The maximum Gasteiger partial charge on any atom is 0.287 e. The summed E-state index contributed by atoms with van der Waals surface area (Å²) in [6, 6.07) is 0.127. The van der Waals surface area contributed by atoms with E-state index in [1.165, 1.54) is 19.3 Å². The first kappa shape index (κ1) is 12.7. The van der Waals surface area contributed by atoms with Gasteiger partial charge in [0.1, 0.15) is 0 Å². The van der Waals surface area contributed by atoms with Crippen LogP contribution in [0.25, 0.3) is 0 Å². The Kier molecular flexibility index (Phi) is 3.31. The van der Waals surface area contributed by atoms with Gasteiger partial charge in [-0.2, -0.15) is 0 Å². The van der Waals surface area contributed by atoms with E-state index in [1.54, 1.807) is 17.0 Å². The minimum atomic E-state index is -0.103. The lowest BCUT2D eigenvalue weighted by Crippen LogP contribution is -2.38. The van der Waals surface area contributed by atoms with Crippen molar-refractivity contribution in [2.45, 2.75) is 50.2 Å². The van der Waals surface area contributed by atoms with Gasteiger partial charge < -0.3 is 14.6 Å². The second-order valence-electron chi connectivity index (χ2n) is 5.79. The molecule has 1 aliphatic heterocycles. The van der Waals surface area contributed by atoms with E-state index in [-0.39, 0.29) is 17.6 Å². The molecule has 5 heteroatoms. The van der Waals surface area contributed by atoms with Crippen LogP contribution in [-0.4, -0.2) is 33.7 Å². The molecular formula is C14H21N3O2. The highest BCUT2D eigenvalue weighted by Crippen LogP contribution is 2.39. The number of ether oxygens (including phenoxy) is 1. The number of amides is 1. The Morgan fingerprint density at radius 3 is 2.95 bits per heavy atom. The first-order valence-electron chi connectivity index (χ1n) is 7.11. The lowest BCUT2D eigenvalue weighted by molar-refractivity contribution is -0.0246. The third-order valence-electron chi connectivity index (χ3n) is 4.33. The fraction of sp³-hybridized carbons (Fsp3) is 0.714. The highest BCUT2D eigenvalue weighted by atomic mass is 16.5. The van der Waals surface area contributed by atoms with E-state index >= 15 is 0 Å². The van der Waals surface area contributed by atoms with E-state index in [2.05, 4.69) is 10.3 Å². The molecule has 3 rings (SSSR count). The van der Waals surface area contributed by atoms with Crippen molar-refractivity contribution >= 4 is 5.91 Å². The first-order valence-corrected chi connectivity index (χ1v) is 7.11. The van der Waals surface area contributed by atoms with Crippen molar-refractivity contribution in [2.24, 2.45) is 7.05 Å². The topological polar surface area (TPSA) is 56.2 Å². The number of rotatable bonds is 2. The summed E-state index contributed by atoms with van der Waals surface area (Å²) in [6.45, 7) is 0.635. The average Bonchev–Trinajstić information content (AvgIpc) is 2.98. The van der Waals surface area contributed by atoms with Gasteiger partial charge in [0.25, 0.3) is 5.91 Å². The normalized spacial score (nSPS) is 25.6. The van der Waals surface area contributed by atoms with Crippen LogP contribution in [0.2, 0.25) is 0 Å². The zero-order valence-electron chi connectivity index (χ0n) is 11.4. The summed E-state index contributed by atoms with van der Waals surface area (Å²) in [5.74, 6) is 0.360. The first-order chi connectivity index (χ1) is 9.19. The highest BCUT2D eigenvalue weighted by Gasteiger charge is 2.41. The van der Waals surface area contributed by atoms with E-state index in [0.29, 0.717) is 12.4 Å². The summed E-state index contributed by atoms with van der Waals surface area (Å²) in [5.41, 5.74) is 0.0395. The number of nitrogens with zero attached hydrogens (tertiary/aromatic N) is 2. The molecule has 1 spiro atoms. The predicted molar refractivity (Wildman–Crippen MR) is 70.8 cm³/mol. The SMILES string of the molecule is Cn1ccnc1C(=O)NC1COC2(CCCCC2)C1. The smallest absolute Gasteiger partial charge is 0.287 e.